The number of aromatic nitrogens is 2. The molecule has 6 nitrogen and oxygen atoms in total. The lowest BCUT2D eigenvalue weighted by Gasteiger charge is -2.10. The molecule has 31 heavy (non-hydrogen) atoms. The van der Waals surface area contributed by atoms with E-state index in [4.69, 9.17) is 15.8 Å². The molecule has 3 rings (SSSR count). The number of rotatable bonds is 7. The van der Waals surface area contributed by atoms with Crippen molar-refractivity contribution < 1.29 is 17.0 Å². The van der Waals surface area contributed by atoms with E-state index in [0.717, 1.165) is 11.8 Å². The summed E-state index contributed by atoms with van der Waals surface area (Å²) >= 11 is 5.88. The molecule has 0 aliphatic heterocycles. The largest absolute Gasteiger partial charge is 0.272 e. The van der Waals surface area contributed by atoms with Gasteiger partial charge >= 0.3 is 0 Å². The van der Waals surface area contributed by atoms with Gasteiger partial charge in [-0.3, -0.25) is 8.98 Å². The quantitative estimate of drug-likeness (QED) is 0.492. The first kappa shape index (κ1) is 22.9. The van der Waals surface area contributed by atoms with Crippen LogP contribution in [0.1, 0.15) is 16.7 Å². The molecule has 9 heteroatoms. The summed E-state index contributed by atoms with van der Waals surface area (Å²) < 4.78 is 42.4. The van der Waals surface area contributed by atoms with E-state index < -0.39 is 22.3 Å². The maximum absolute atomic E-state index is 13.7. The highest BCUT2D eigenvalue weighted by Crippen LogP contribution is 2.20. The maximum Gasteiger partial charge on any atom is 0.272 e. The highest BCUT2D eigenvalue weighted by Gasteiger charge is 2.13. The van der Waals surface area contributed by atoms with Crippen LogP contribution >= 0.6 is 11.6 Å². The van der Waals surface area contributed by atoms with E-state index >= 15 is 0 Å². The van der Waals surface area contributed by atoms with E-state index in [1.165, 1.54) is 16.8 Å². The lowest BCUT2D eigenvalue weighted by molar-refractivity contribution is 0.308. The molecule has 0 saturated heterocycles. The molecule has 1 aromatic heterocycles. The summed E-state index contributed by atoms with van der Waals surface area (Å²) in [5.74, 6) is -0.358. The van der Waals surface area contributed by atoms with E-state index in [9.17, 15) is 17.6 Å². The van der Waals surface area contributed by atoms with Crippen molar-refractivity contribution in [3.63, 3.8) is 0 Å². The zero-order valence-electron chi connectivity index (χ0n) is 16.9. The topological polar surface area (TPSA) is 78.3 Å². The second-order valence-electron chi connectivity index (χ2n) is 6.93. The minimum Gasteiger partial charge on any atom is -0.267 e. The summed E-state index contributed by atoms with van der Waals surface area (Å²) in [5, 5.41) is 4.99. The van der Waals surface area contributed by atoms with Gasteiger partial charge in [0.25, 0.3) is 15.7 Å². The summed E-state index contributed by atoms with van der Waals surface area (Å²) in [6, 6.07) is 13.1. The highest BCUT2D eigenvalue weighted by molar-refractivity contribution is 7.85. The molecule has 0 aliphatic carbocycles. The minimum absolute atomic E-state index is 0.122. The Hall–Kier alpha value is -2.81. The van der Waals surface area contributed by atoms with Crippen LogP contribution in [-0.4, -0.2) is 24.5 Å². The van der Waals surface area contributed by atoms with Gasteiger partial charge in [0, 0.05) is 16.1 Å². The van der Waals surface area contributed by atoms with Crippen molar-refractivity contribution in [3.05, 3.63) is 92.5 Å². The summed E-state index contributed by atoms with van der Waals surface area (Å²) in [6.07, 6.45) is 4.47. The number of benzene rings is 2. The number of allylic oxidation sites excluding steroid dienone is 1. The van der Waals surface area contributed by atoms with E-state index in [1.807, 2.05) is 18.2 Å². The van der Waals surface area contributed by atoms with Crippen LogP contribution in [0.25, 0.3) is 17.3 Å². The Morgan fingerprint density at radius 2 is 1.87 bits per heavy atom. The normalized spacial score (nSPS) is 11.9. The van der Waals surface area contributed by atoms with Crippen molar-refractivity contribution in [2.75, 3.05) is 6.26 Å². The van der Waals surface area contributed by atoms with Crippen LogP contribution in [0.3, 0.4) is 0 Å². The first-order valence-corrected chi connectivity index (χ1v) is 11.5. The molecule has 3 aromatic rings. The maximum atomic E-state index is 13.7. The third-order valence-electron chi connectivity index (χ3n) is 4.39. The molecule has 0 radical (unpaired) electrons. The third kappa shape index (κ3) is 6.33. The monoisotopic (exact) mass is 462 g/mol. The van der Waals surface area contributed by atoms with Gasteiger partial charge in [0.2, 0.25) is 0 Å². The molecular weight excluding hydrogens is 443 g/mol. The van der Waals surface area contributed by atoms with Gasteiger partial charge in [0.1, 0.15) is 5.82 Å². The van der Waals surface area contributed by atoms with Gasteiger partial charge in [0.15, 0.2) is 0 Å². The molecule has 0 N–H and O–H groups in total. The van der Waals surface area contributed by atoms with Crippen LogP contribution in [-0.2, 0) is 27.5 Å². The zero-order chi connectivity index (χ0) is 22.6. The lowest BCUT2D eigenvalue weighted by atomic mass is 10.1. The van der Waals surface area contributed by atoms with Gasteiger partial charge < -0.3 is 0 Å². The second-order valence-corrected chi connectivity index (χ2v) is 9.01. The Bertz CT molecular complexity index is 1290. The molecule has 2 aromatic carbocycles. The summed E-state index contributed by atoms with van der Waals surface area (Å²) in [5.41, 5.74) is 1.95. The average molecular weight is 463 g/mol. The van der Waals surface area contributed by atoms with Gasteiger partial charge in [-0.15, -0.1) is 0 Å². The van der Waals surface area contributed by atoms with Crippen LogP contribution in [0.2, 0.25) is 5.02 Å². The molecule has 162 valence electrons. The SMILES string of the molecule is Cc1cc(-c2cc(COS(C)(=O)=O)c(=O)n(C/C=C/c3ccc(Cl)cc3)n2)ccc1F. The van der Waals surface area contributed by atoms with Gasteiger partial charge in [-0.25, -0.2) is 9.07 Å². The van der Waals surface area contributed by atoms with Crippen molar-refractivity contribution in [2.24, 2.45) is 0 Å². The fourth-order valence-electron chi connectivity index (χ4n) is 2.80. The Morgan fingerprint density at radius 1 is 1.16 bits per heavy atom. The van der Waals surface area contributed by atoms with Gasteiger partial charge in [-0.2, -0.15) is 13.5 Å². The third-order valence-corrected chi connectivity index (χ3v) is 5.19. The summed E-state index contributed by atoms with van der Waals surface area (Å²) in [4.78, 5) is 12.8. The minimum atomic E-state index is -3.74. The highest BCUT2D eigenvalue weighted by atomic mass is 35.5. The van der Waals surface area contributed by atoms with Crippen molar-refractivity contribution in [2.45, 2.75) is 20.1 Å². The number of aryl methyl sites for hydroxylation is 1. The molecule has 0 aliphatic rings. The van der Waals surface area contributed by atoms with Crippen LogP contribution in [0.15, 0.2) is 59.4 Å². The van der Waals surface area contributed by atoms with Crippen LogP contribution < -0.4 is 5.56 Å². The van der Waals surface area contributed by atoms with Gasteiger partial charge in [0.05, 0.1) is 25.1 Å². The van der Waals surface area contributed by atoms with E-state index in [0.29, 0.717) is 21.8 Å². The molecule has 0 fully saturated rings. The van der Waals surface area contributed by atoms with Crippen LogP contribution in [0, 0.1) is 12.7 Å². The Labute approximate surface area is 184 Å². The summed E-state index contributed by atoms with van der Waals surface area (Å²) in [6.45, 7) is 1.34. The van der Waals surface area contributed by atoms with Crippen molar-refractivity contribution in [1.29, 1.82) is 0 Å². The van der Waals surface area contributed by atoms with E-state index in [-0.39, 0.29) is 17.9 Å². The van der Waals surface area contributed by atoms with Gasteiger partial charge in [-0.05, 0) is 54.4 Å². The lowest BCUT2D eigenvalue weighted by Crippen LogP contribution is -2.27. The number of hydrogen-bond donors (Lipinski definition) is 0. The average Bonchev–Trinajstić information content (AvgIpc) is 2.71. The smallest absolute Gasteiger partial charge is 0.267 e. The van der Waals surface area contributed by atoms with Crippen molar-refractivity contribution >= 4 is 27.8 Å². The van der Waals surface area contributed by atoms with E-state index in [2.05, 4.69) is 5.10 Å². The predicted octanol–water partition coefficient (Wildman–Crippen LogP) is 4.20. The second kappa shape index (κ2) is 9.55. The Kier molecular flexibility index (Phi) is 7.04. The molecular formula is C22H20ClFN2O4S. The first-order valence-electron chi connectivity index (χ1n) is 9.26. The fraction of sp³-hybridized carbons (Fsp3) is 0.182. The van der Waals surface area contributed by atoms with Crippen LogP contribution in [0.5, 0.6) is 0 Å². The number of nitrogens with zero attached hydrogens (tertiary/aromatic N) is 2. The van der Waals surface area contributed by atoms with E-state index in [1.54, 1.807) is 37.3 Å². The molecule has 0 amide bonds. The van der Waals surface area contributed by atoms with Crippen molar-refractivity contribution in [1.82, 2.24) is 9.78 Å². The standard InChI is InChI=1S/C22H20ClFN2O4S/c1-15-12-17(7-10-20(15)24)21-13-18(14-30-31(2,28)29)22(27)26(25-21)11-3-4-16-5-8-19(23)9-6-16/h3-10,12-13H,11,14H2,1-2H3/b4-3+. The molecule has 1 heterocycles. The molecule has 0 unspecified atom stereocenters. The number of halogens is 2. The number of hydrogen-bond acceptors (Lipinski definition) is 5. The van der Waals surface area contributed by atoms with Crippen molar-refractivity contribution in [3.8, 4) is 11.3 Å². The van der Waals surface area contributed by atoms with Crippen LogP contribution in [0.4, 0.5) is 4.39 Å². The molecule has 0 atom stereocenters. The molecule has 0 saturated carbocycles. The summed E-state index contributed by atoms with van der Waals surface area (Å²) in [7, 11) is -3.74. The fourth-order valence-corrected chi connectivity index (χ4v) is 3.27. The molecule has 0 spiro atoms. The first-order chi connectivity index (χ1) is 14.6. The Balaban J connectivity index is 1.98. The molecule has 0 bridgehead atoms. The van der Waals surface area contributed by atoms with Gasteiger partial charge in [-0.1, -0.05) is 35.9 Å². The Morgan fingerprint density at radius 3 is 2.52 bits per heavy atom. The predicted molar refractivity (Wildman–Crippen MR) is 119 cm³/mol. The zero-order valence-corrected chi connectivity index (χ0v) is 18.5.